The van der Waals surface area contributed by atoms with Crippen LogP contribution >= 0.6 is 11.8 Å². The highest BCUT2D eigenvalue weighted by Gasteiger charge is 2.17. The van der Waals surface area contributed by atoms with Gasteiger partial charge in [-0.3, -0.25) is 9.36 Å². The highest BCUT2D eigenvalue weighted by atomic mass is 32.2. The minimum Gasteiger partial charge on any atom is -0.463 e. The first-order chi connectivity index (χ1) is 13.1. The molecule has 0 N–H and O–H groups in total. The van der Waals surface area contributed by atoms with E-state index >= 15 is 0 Å². The van der Waals surface area contributed by atoms with Crippen molar-refractivity contribution in [3.05, 3.63) is 42.0 Å². The molecule has 0 fully saturated rings. The van der Waals surface area contributed by atoms with E-state index in [0.717, 1.165) is 0 Å². The number of thioether (sulfide) groups is 1. The van der Waals surface area contributed by atoms with Gasteiger partial charge in [-0.2, -0.15) is 0 Å². The van der Waals surface area contributed by atoms with Crippen LogP contribution < -0.4 is 0 Å². The Balaban J connectivity index is 1.54. The number of carbonyl (C=O) groups is 2. The third-order valence-electron chi connectivity index (χ3n) is 3.52. The molecule has 0 unspecified atom stereocenters. The van der Waals surface area contributed by atoms with Gasteiger partial charge in [-0.15, -0.1) is 10.2 Å². The predicted molar refractivity (Wildman–Crippen MR) is 94.0 cm³/mol. The molecule has 0 aliphatic heterocycles. The van der Waals surface area contributed by atoms with Crippen molar-refractivity contribution in [2.24, 2.45) is 0 Å². The first-order valence-electron chi connectivity index (χ1n) is 8.05. The summed E-state index contributed by atoms with van der Waals surface area (Å²) < 4.78 is 22.1. The third-order valence-corrected chi connectivity index (χ3v) is 4.46. The Morgan fingerprint density at radius 3 is 2.81 bits per heavy atom. The summed E-state index contributed by atoms with van der Waals surface area (Å²) in [4.78, 5) is 23.3. The summed E-state index contributed by atoms with van der Waals surface area (Å²) in [5.74, 6) is 0.642. The summed E-state index contributed by atoms with van der Waals surface area (Å²) in [5, 5.41) is 8.81. The number of esters is 2. The average molecular weight is 391 g/mol. The lowest BCUT2D eigenvalue weighted by molar-refractivity contribution is -0.142. The number of hydrogen-bond donors (Lipinski definition) is 0. The highest BCUT2D eigenvalue weighted by Crippen LogP contribution is 2.24. The fourth-order valence-corrected chi connectivity index (χ4v) is 3.05. The first kappa shape index (κ1) is 18.8. The van der Waals surface area contributed by atoms with Crippen LogP contribution in [0.4, 0.5) is 0 Å². The molecule has 0 aliphatic rings. The topological polar surface area (TPSA) is 110 Å². The number of ether oxygens (including phenoxy) is 2. The Morgan fingerprint density at radius 2 is 2.11 bits per heavy atom. The van der Waals surface area contributed by atoms with E-state index in [0.29, 0.717) is 29.0 Å². The second-order valence-corrected chi connectivity index (χ2v) is 6.18. The Kier molecular flexibility index (Phi) is 5.97. The maximum atomic E-state index is 12.0. The van der Waals surface area contributed by atoms with Crippen LogP contribution in [0.1, 0.15) is 23.2 Å². The molecule has 27 heavy (non-hydrogen) atoms. The van der Waals surface area contributed by atoms with Gasteiger partial charge in [0, 0.05) is 6.54 Å². The van der Waals surface area contributed by atoms with Gasteiger partial charge < -0.3 is 18.3 Å². The molecule has 3 rings (SSSR count). The van der Waals surface area contributed by atoms with Crippen molar-refractivity contribution in [1.82, 2.24) is 14.8 Å². The van der Waals surface area contributed by atoms with Gasteiger partial charge in [0.25, 0.3) is 0 Å². The monoisotopic (exact) mass is 391 g/mol. The summed E-state index contributed by atoms with van der Waals surface area (Å²) in [5.41, 5.74) is 0. The van der Waals surface area contributed by atoms with E-state index in [1.165, 1.54) is 24.9 Å². The number of carbonyl (C=O) groups excluding carboxylic acids is 2. The lowest BCUT2D eigenvalue weighted by atomic mass is 10.4. The van der Waals surface area contributed by atoms with Crippen molar-refractivity contribution in [2.75, 3.05) is 12.9 Å². The molecule has 0 saturated carbocycles. The van der Waals surface area contributed by atoms with Gasteiger partial charge in [-0.1, -0.05) is 11.8 Å². The normalized spacial score (nSPS) is 10.7. The van der Waals surface area contributed by atoms with Gasteiger partial charge >= 0.3 is 11.9 Å². The second-order valence-electron chi connectivity index (χ2n) is 5.23. The Morgan fingerprint density at radius 1 is 1.26 bits per heavy atom. The van der Waals surface area contributed by atoms with Crippen molar-refractivity contribution >= 4 is 23.7 Å². The van der Waals surface area contributed by atoms with Crippen LogP contribution in [0.2, 0.25) is 0 Å². The van der Waals surface area contributed by atoms with Crippen LogP contribution in [0, 0.1) is 0 Å². The summed E-state index contributed by atoms with van der Waals surface area (Å²) in [6, 6.07) is 6.58. The molecule has 0 spiro atoms. The minimum absolute atomic E-state index is 0.0550. The molecule has 9 nitrogen and oxygen atoms in total. The molecule has 0 amide bonds. The fraction of sp³-hybridized carbons (Fsp3) is 0.294. The fourth-order valence-electron chi connectivity index (χ4n) is 2.25. The number of hydrogen-bond acceptors (Lipinski definition) is 9. The summed E-state index contributed by atoms with van der Waals surface area (Å²) in [7, 11) is 1.26. The SMILES string of the molecule is CCn1c(SCC(=O)OCc2ccc(C(=O)OC)o2)nnc1-c1ccco1. The molecule has 0 bridgehead atoms. The summed E-state index contributed by atoms with van der Waals surface area (Å²) >= 11 is 1.22. The quantitative estimate of drug-likeness (QED) is 0.423. The van der Waals surface area contributed by atoms with Crippen LogP contribution in [0.3, 0.4) is 0 Å². The molecule has 0 aliphatic carbocycles. The second kappa shape index (κ2) is 8.58. The molecule has 10 heteroatoms. The van der Waals surface area contributed by atoms with Gasteiger partial charge in [-0.25, -0.2) is 4.79 Å². The number of aromatic nitrogens is 3. The molecule has 3 aromatic rings. The first-order valence-corrected chi connectivity index (χ1v) is 9.03. The van der Waals surface area contributed by atoms with E-state index in [4.69, 9.17) is 13.6 Å². The molecular formula is C17H17N3O6S. The Labute approximate surface area is 158 Å². The Hall–Kier alpha value is -3.01. The van der Waals surface area contributed by atoms with Crippen molar-refractivity contribution < 1.29 is 27.9 Å². The van der Waals surface area contributed by atoms with Crippen molar-refractivity contribution in [3.8, 4) is 11.6 Å². The van der Waals surface area contributed by atoms with Crippen molar-refractivity contribution in [3.63, 3.8) is 0 Å². The lowest BCUT2D eigenvalue weighted by Crippen LogP contribution is -2.08. The van der Waals surface area contributed by atoms with Gasteiger partial charge in [-0.05, 0) is 31.2 Å². The largest absolute Gasteiger partial charge is 0.463 e. The van der Waals surface area contributed by atoms with E-state index in [9.17, 15) is 9.59 Å². The van der Waals surface area contributed by atoms with Crippen LogP contribution in [0.5, 0.6) is 0 Å². The smallest absolute Gasteiger partial charge is 0.373 e. The minimum atomic E-state index is -0.589. The van der Waals surface area contributed by atoms with Crippen LogP contribution in [0.15, 0.2) is 44.5 Å². The lowest BCUT2D eigenvalue weighted by Gasteiger charge is -2.06. The van der Waals surface area contributed by atoms with Gasteiger partial charge in [0.2, 0.25) is 5.76 Å². The van der Waals surface area contributed by atoms with E-state index in [1.54, 1.807) is 24.5 Å². The average Bonchev–Trinajstić information content (AvgIpc) is 3.43. The van der Waals surface area contributed by atoms with E-state index in [1.807, 2.05) is 11.5 Å². The number of rotatable bonds is 8. The van der Waals surface area contributed by atoms with E-state index < -0.39 is 11.9 Å². The van der Waals surface area contributed by atoms with Gasteiger partial charge in [0.05, 0.1) is 19.1 Å². The van der Waals surface area contributed by atoms with Crippen molar-refractivity contribution in [1.29, 1.82) is 0 Å². The molecule has 0 radical (unpaired) electrons. The highest BCUT2D eigenvalue weighted by molar-refractivity contribution is 7.99. The number of nitrogens with zero attached hydrogens (tertiary/aromatic N) is 3. The molecule has 142 valence electrons. The zero-order chi connectivity index (χ0) is 19.2. The van der Waals surface area contributed by atoms with Crippen LogP contribution in [-0.4, -0.2) is 39.6 Å². The van der Waals surface area contributed by atoms with Gasteiger partial charge in [0.15, 0.2) is 16.7 Å². The standard InChI is InChI=1S/C17H17N3O6S/c1-3-20-15(12-5-4-8-24-12)18-19-17(20)27-10-14(21)25-9-11-6-7-13(26-11)16(22)23-2/h4-8H,3,9-10H2,1-2H3. The summed E-state index contributed by atoms with van der Waals surface area (Å²) in [6.07, 6.45) is 1.56. The van der Waals surface area contributed by atoms with E-state index in [-0.39, 0.29) is 18.1 Å². The maximum absolute atomic E-state index is 12.0. The third kappa shape index (κ3) is 4.40. The van der Waals surface area contributed by atoms with Gasteiger partial charge in [0.1, 0.15) is 12.4 Å². The molecule has 3 heterocycles. The Bertz CT molecular complexity index is 915. The molecule has 0 aromatic carbocycles. The van der Waals surface area contributed by atoms with Crippen LogP contribution in [-0.2, 0) is 27.4 Å². The molecular weight excluding hydrogens is 374 g/mol. The number of furan rings is 2. The van der Waals surface area contributed by atoms with E-state index in [2.05, 4.69) is 14.9 Å². The van der Waals surface area contributed by atoms with Crippen LogP contribution in [0.25, 0.3) is 11.6 Å². The molecule has 3 aromatic heterocycles. The molecule has 0 saturated heterocycles. The summed E-state index contributed by atoms with van der Waals surface area (Å²) in [6.45, 7) is 2.51. The number of methoxy groups -OCH3 is 1. The maximum Gasteiger partial charge on any atom is 0.373 e. The zero-order valence-corrected chi connectivity index (χ0v) is 15.5. The zero-order valence-electron chi connectivity index (χ0n) is 14.7. The van der Waals surface area contributed by atoms with Crippen molar-refractivity contribution in [2.45, 2.75) is 25.2 Å². The predicted octanol–water partition coefficient (Wildman–Crippen LogP) is 2.77. The molecule has 0 atom stereocenters.